The molecule has 0 aromatic carbocycles. The highest BCUT2D eigenvalue weighted by Gasteiger charge is 2.28. The summed E-state index contributed by atoms with van der Waals surface area (Å²) >= 11 is 6.45. The van der Waals surface area contributed by atoms with Gasteiger partial charge in [-0.3, -0.25) is 0 Å². The highest BCUT2D eigenvalue weighted by atomic mass is 35.5. The first-order valence-electron chi connectivity index (χ1n) is 10.4. The number of rotatable bonds is 3. The quantitative estimate of drug-likeness (QED) is 0.598. The molecule has 164 valence electrons. The first-order chi connectivity index (χ1) is 14.7. The van der Waals surface area contributed by atoms with E-state index in [0.717, 1.165) is 29.5 Å². The lowest BCUT2D eigenvalue weighted by Gasteiger charge is -2.34. The van der Waals surface area contributed by atoms with Crippen LogP contribution in [0.2, 0.25) is 5.15 Å². The van der Waals surface area contributed by atoms with Crippen molar-refractivity contribution < 1.29 is 9.53 Å². The van der Waals surface area contributed by atoms with Gasteiger partial charge in [-0.25, -0.2) is 19.3 Å². The molecule has 31 heavy (non-hydrogen) atoms. The average Bonchev–Trinajstić information content (AvgIpc) is 3.14. The Labute approximate surface area is 186 Å². The third-order valence-corrected chi connectivity index (χ3v) is 5.54. The molecule has 8 nitrogen and oxygen atoms in total. The SMILES string of the molecule is Cc1c(Cl)nc(-c2cnn3ccccc23)nc1NC1CCCN(C(=O)OC(C)(C)C)C1. The van der Waals surface area contributed by atoms with Crippen molar-refractivity contribution in [2.24, 2.45) is 0 Å². The molecule has 1 unspecified atom stereocenters. The van der Waals surface area contributed by atoms with E-state index < -0.39 is 5.60 Å². The maximum Gasteiger partial charge on any atom is 0.410 e. The second-order valence-electron chi connectivity index (χ2n) is 8.81. The molecule has 3 aromatic heterocycles. The number of hydrogen-bond donors (Lipinski definition) is 1. The van der Waals surface area contributed by atoms with Gasteiger partial charge in [-0.15, -0.1) is 0 Å². The van der Waals surface area contributed by atoms with Crippen molar-refractivity contribution in [3.8, 4) is 11.4 Å². The number of fused-ring (bicyclic) bond motifs is 1. The van der Waals surface area contributed by atoms with E-state index in [4.69, 9.17) is 21.3 Å². The number of ether oxygens (including phenoxy) is 1. The summed E-state index contributed by atoms with van der Waals surface area (Å²) in [6, 6.07) is 5.87. The molecule has 0 aliphatic carbocycles. The molecule has 3 aromatic rings. The monoisotopic (exact) mass is 442 g/mol. The maximum atomic E-state index is 12.5. The van der Waals surface area contributed by atoms with Gasteiger partial charge in [0.2, 0.25) is 0 Å². The van der Waals surface area contributed by atoms with E-state index in [1.165, 1.54) is 0 Å². The number of likely N-dealkylation sites (tertiary alicyclic amines) is 1. The van der Waals surface area contributed by atoms with E-state index in [2.05, 4.69) is 15.4 Å². The number of nitrogens with one attached hydrogen (secondary N) is 1. The van der Waals surface area contributed by atoms with Crippen molar-refractivity contribution >= 4 is 29.0 Å². The van der Waals surface area contributed by atoms with Crippen LogP contribution < -0.4 is 5.32 Å². The molecule has 0 bridgehead atoms. The van der Waals surface area contributed by atoms with Crippen LogP contribution in [-0.2, 0) is 4.74 Å². The summed E-state index contributed by atoms with van der Waals surface area (Å²) in [5.41, 5.74) is 1.97. The third kappa shape index (κ3) is 4.74. The van der Waals surface area contributed by atoms with E-state index in [1.54, 1.807) is 15.6 Å². The van der Waals surface area contributed by atoms with Gasteiger partial charge < -0.3 is 15.0 Å². The minimum absolute atomic E-state index is 0.0442. The fourth-order valence-corrected chi connectivity index (χ4v) is 3.81. The normalized spacial score (nSPS) is 17.1. The number of aromatic nitrogens is 4. The van der Waals surface area contributed by atoms with Gasteiger partial charge in [0.1, 0.15) is 16.6 Å². The van der Waals surface area contributed by atoms with Crippen LogP contribution >= 0.6 is 11.6 Å². The van der Waals surface area contributed by atoms with Crippen LogP contribution in [-0.4, -0.2) is 55.3 Å². The molecule has 0 saturated carbocycles. The second kappa shape index (κ2) is 8.34. The van der Waals surface area contributed by atoms with E-state index in [0.29, 0.717) is 29.9 Å². The van der Waals surface area contributed by atoms with Crippen molar-refractivity contribution in [3.63, 3.8) is 0 Å². The van der Waals surface area contributed by atoms with E-state index >= 15 is 0 Å². The first kappa shape index (κ1) is 21.4. The van der Waals surface area contributed by atoms with Gasteiger partial charge in [-0.05, 0) is 52.7 Å². The maximum absolute atomic E-state index is 12.5. The Kier molecular flexibility index (Phi) is 5.75. The number of halogens is 1. The van der Waals surface area contributed by atoms with E-state index in [9.17, 15) is 4.79 Å². The Morgan fingerprint density at radius 1 is 1.29 bits per heavy atom. The zero-order valence-corrected chi connectivity index (χ0v) is 19.0. The summed E-state index contributed by atoms with van der Waals surface area (Å²) < 4.78 is 7.31. The Hall–Kier alpha value is -2.87. The zero-order chi connectivity index (χ0) is 22.2. The first-order valence-corrected chi connectivity index (χ1v) is 10.8. The Balaban J connectivity index is 1.56. The summed E-state index contributed by atoms with van der Waals surface area (Å²) in [5, 5.41) is 8.23. The van der Waals surface area contributed by atoms with Crippen LogP contribution in [0.1, 0.15) is 39.2 Å². The van der Waals surface area contributed by atoms with Crippen LogP contribution in [0.4, 0.5) is 10.6 Å². The Bertz CT molecular complexity index is 1110. The van der Waals surface area contributed by atoms with Gasteiger partial charge in [0, 0.05) is 30.9 Å². The molecule has 1 atom stereocenters. The van der Waals surface area contributed by atoms with Crippen LogP contribution in [0.25, 0.3) is 16.9 Å². The fourth-order valence-electron chi connectivity index (χ4n) is 3.64. The van der Waals surface area contributed by atoms with Gasteiger partial charge in [0.15, 0.2) is 5.82 Å². The molecule has 4 rings (SSSR count). The summed E-state index contributed by atoms with van der Waals surface area (Å²) in [6.45, 7) is 8.74. The number of anilines is 1. The predicted octanol–water partition coefficient (Wildman–Crippen LogP) is 4.56. The molecule has 1 N–H and O–H groups in total. The minimum Gasteiger partial charge on any atom is -0.444 e. The van der Waals surface area contributed by atoms with Gasteiger partial charge in [0.25, 0.3) is 0 Å². The van der Waals surface area contributed by atoms with Gasteiger partial charge in [-0.1, -0.05) is 17.7 Å². The summed E-state index contributed by atoms with van der Waals surface area (Å²) in [7, 11) is 0. The minimum atomic E-state index is -0.516. The standard InChI is InChI=1S/C22H27ClN6O2/c1-14-18(23)26-20(16-12-24-29-11-6-5-9-17(16)29)27-19(14)25-15-8-7-10-28(13-15)21(30)31-22(2,3)4/h5-6,9,11-12,15H,7-8,10,13H2,1-4H3,(H,25,26,27). The van der Waals surface area contributed by atoms with Crippen LogP contribution in [0, 0.1) is 6.92 Å². The molecule has 1 aliphatic rings. The molecule has 9 heteroatoms. The van der Waals surface area contributed by atoms with Crippen LogP contribution in [0.15, 0.2) is 30.6 Å². The molecule has 1 aliphatic heterocycles. The van der Waals surface area contributed by atoms with Crippen molar-refractivity contribution in [1.29, 1.82) is 0 Å². The number of nitrogens with zero attached hydrogens (tertiary/aromatic N) is 5. The van der Waals surface area contributed by atoms with E-state index in [-0.39, 0.29) is 12.1 Å². The van der Waals surface area contributed by atoms with Crippen LogP contribution in [0.5, 0.6) is 0 Å². The molecule has 1 amide bonds. The Morgan fingerprint density at radius 2 is 2.10 bits per heavy atom. The lowest BCUT2D eigenvalue weighted by Crippen LogP contribution is -2.47. The van der Waals surface area contributed by atoms with E-state index in [1.807, 2.05) is 52.1 Å². The topological polar surface area (TPSA) is 84.7 Å². The smallest absolute Gasteiger partial charge is 0.410 e. The second-order valence-corrected chi connectivity index (χ2v) is 9.17. The molecule has 1 saturated heterocycles. The summed E-state index contributed by atoms with van der Waals surface area (Å²) in [5.74, 6) is 1.18. The van der Waals surface area contributed by atoms with Crippen LogP contribution in [0.3, 0.4) is 0 Å². The van der Waals surface area contributed by atoms with Gasteiger partial charge in [-0.2, -0.15) is 5.10 Å². The third-order valence-electron chi connectivity index (χ3n) is 5.17. The van der Waals surface area contributed by atoms with Gasteiger partial charge >= 0.3 is 6.09 Å². The molecule has 1 fully saturated rings. The molecule has 0 spiro atoms. The van der Waals surface area contributed by atoms with Crippen molar-refractivity contribution in [2.45, 2.75) is 52.2 Å². The Morgan fingerprint density at radius 3 is 2.87 bits per heavy atom. The number of carbonyl (C=O) groups is 1. The molecule has 4 heterocycles. The summed E-state index contributed by atoms with van der Waals surface area (Å²) in [4.78, 5) is 23.5. The van der Waals surface area contributed by atoms with Crippen molar-refractivity contribution in [2.75, 3.05) is 18.4 Å². The summed E-state index contributed by atoms with van der Waals surface area (Å²) in [6.07, 6.45) is 5.14. The number of piperidine rings is 1. The highest BCUT2D eigenvalue weighted by Crippen LogP contribution is 2.28. The van der Waals surface area contributed by atoms with Gasteiger partial charge in [0.05, 0.1) is 17.3 Å². The number of carbonyl (C=O) groups excluding carboxylic acids is 1. The predicted molar refractivity (Wildman–Crippen MR) is 120 cm³/mol. The molecular formula is C22H27ClN6O2. The number of amides is 1. The molecule has 0 radical (unpaired) electrons. The number of hydrogen-bond acceptors (Lipinski definition) is 6. The number of pyridine rings is 1. The lowest BCUT2D eigenvalue weighted by atomic mass is 10.1. The zero-order valence-electron chi connectivity index (χ0n) is 18.2. The van der Waals surface area contributed by atoms with Crippen molar-refractivity contribution in [3.05, 3.63) is 41.3 Å². The lowest BCUT2D eigenvalue weighted by molar-refractivity contribution is 0.0206. The largest absolute Gasteiger partial charge is 0.444 e. The average molecular weight is 443 g/mol. The molecular weight excluding hydrogens is 416 g/mol. The fraction of sp³-hybridized carbons (Fsp3) is 0.455. The van der Waals surface area contributed by atoms with Crippen molar-refractivity contribution in [1.82, 2.24) is 24.5 Å². The highest BCUT2D eigenvalue weighted by molar-refractivity contribution is 6.30.